The molecule has 0 aromatic carbocycles. The van der Waals surface area contributed by atoms with Gasteiger partial charge in [0, 0.05) is 12.1 Å². The lowest BCUT2D eigenvalue weighted by atomic mass is 10.2. The van der Waals surface area contributed by atoms with E-state index in [1.165, 1.54) is 6.20 Å². The maximum Gasteiger partial charge on any atom is 0.259 e. The minimum absolute atomic E-state index is 0.196. The fourth-order valence-electron chi connectivity index (χ4n) is 1.29. The minimum Gasteiger partial charge on any atom is -0.318 e. The number of nitrogens with zero attached hydrogens (tertiary/aromatic N) is 2. The van der Waals surface area contributed by atoms with Crippen molar-refractivity contribution in [2.45, 2.75) is 31.2 Å². The highest BCUT2D eigenvalue weighted by Crippen LogP contribution is 2.38. The Morgan fingerprint density at radius 1 is 1.47 bits per heavy atom. The molecule has 1 fully saturated rings. The van der Waals surface area contributed by atoms with Crippen molar-refractivity contribution in [2.75, 3.05) is 0 Å². The summed E-state index contributed by atoms with van der Waals surface area (Å²) in [5, 5.41) is 0. The van der Waals surface area contributed by atoms with Crippen LogP contribution in [0, 0.1) is 0 Å². The molecule has 0 spiro atoms. The van der Waals surface area contributed by atoms with Crippen LogP contribution in [0.25, 0.3) is 0 Å². The summed E-state index contributed by atoms with van der Waals surface area (Å²) < 4.78 is 25.3. The van der Waals surface area contributed by atoms with Crippen LogP contribution in [0.4, 0.5) is 8.78 Å². The zero-order valence-electron chi connectivity index (χ0n) is 7.83. The number of aromatic nitrogens is 2. The Kier molecular flexibility index (Phi) is 2.97. The van der Waals surface area contributed by atoms with E-state index in [4.69, 9.17) is 5.73 Å². The first-order valence-electron chi connectivity index (χ1n) is 4.65. The quantitative estimate of drug-likeness (QED) is 0.923. The van der Waals surface area contributed by atoms with E-state index in [9.17, 15) is 8.78 Å². The first-order chi connectivity index (χ1) is 7.09. The third-order valence-electron chi connectivity index (χ3n) is 2.32. The molecule has 1 saturated carbocycles. The summed E-state index contributed by atoms with van der Waals surface area (Å²) >= 11 is 3.13. The van der Waals surface area contributed by atoms with Gasteiger partial charge in [0.1, 0.15) is 11.9 Å². The van der Waals surface area contributed by atoms with Gasteiger partial charge < -0.3 is 5.73 Å². The van der Waals surface area contributed by atoms with Gasteiger partial charge in [-0.15, -0.1) is 0 Å². The van der Waals surface area contributed by atoms with Crippen molar-refractivity contribution in [3.05, 3.63) is 22.2 Å². The van der Waals surface area contributed by atoms with Crippen molar-refractivity contribution in [2.24, 2.45) is 5.73 Å². The summed E-state index contributed by atoms with van der Waals surface area (Å²) in [6, 6.07) is -1.35. The topological polar surface area (TPSA) is 51.8 Å². The maximum atomic E-state index is 12.4. The summed E-state index contributed by atoms with van der Waals surface area (Å²) in [5.74, 6) is 0.964. The molecule has 82 valence electrons. The third kappa shape index (κ3) is 2.31. The van der Waals surface area contributed by atoms with Gasteiger partial charge in [0.05, 0.1) is 10.2 Å². The number of nitrogens with two attached hydrogens (primary N) is 1. The normalized spacial score (nSPS) is 18.2. The highest BCUT2D eigenvalue weighted by Gasteiger charge is 2.29. The Labute approximate surface area is 94.2 Å². The van der Waals surface area contributed by atoms with E-state index in [0.29, 0.717) is 16.2 Å². The summed E-state index contributed by atoms with van der Waals surface area (Å²) in [6.07, 6.45) is 0.956. The predicted octanol–water partition coefficient (Wildman–Crippen LogP) is 2.38. The Morgan fingerprint density at radius 2 is 2.13 bits per heavy atom. The molecule has 1 aromatic rings. The van der Waals surface area contributed by atoms with E-state index in [2.05, 4.69) is 25.9 Å². The summed E-state index contributed by atoms with van der Waals surface area (Å²) in [7, 11) is 0. The van der Waals surface area contributed by atoms with E-state index < -0.39 is 12.5 Å². The molecule has 15 heavy (non-hydrogen) atoms. The molecule has 1 unspecified atom stereocenters. The van der Waals surface area contributed by atoms with Gasteiger partial charge in [-0.1, -0.05) is 0 Å². The zero-order chi connectivity index (χ0) is 11.0. The van der Waals surface area contributed by atoms with Gasteiger partial charge in [0.15, 0.2) is 0 Å². The monoisotopic (exact) mass is 277 g/mol. The molecular formula is C9H10BrF2N3. The van der Waals surface area contributed by atoms with Gasteiger partial charge in [-0.25, -0.2) is 18.7 Å². The molecule has 1 heterocycles. The van der Waals surface area contributed by atoms with Crippen LogP contribution in [0.5, 0.6) is 0 Å². The Bertz CT molecular complexity index is 368. The molecule has 0 bridgehead atoms. The fraction of sp³-hybridized carbons (Fsp3) is 0.556. The van der Waals surface area contributed by atoms with E-state index in [1.54, 1.807) is 0 Å². The predicted molar refractivity (Wildman–Crippen MR) is 54.6 cm³/mol. The molecule has 1 aromatic heterocycles. The zero-order valence-corrected chi connectivity index (χ0v) is 9.42. The highest BCUT2D eigenvalue weighted by molar-refractivity contribution is 9.10. The second-order valence-electron chi connectivity index (χ2n) is 3.60. The van der Waals surface area contributed by atoms with Crippen LogP contribution in [0.1, 0.15) is 36.3 Å². The molecule has 2 N–H and O–H groups in total. The largest absolute Gasteiger partial charge is 0.318 e. The van der Waals surface area contributed by atoms with Gasteiger partial charge in [-0.3, -0.25) is 0 Å². The van der Waals surface area contributed by atoms with E-state index in [0.717, 1.165) is 12.8 Å². The Balaban J connectivity index is 2.31. The average molecular weight is 278 g/mol. The summed E-state index contributed by atoms with van der Waals surface area (Å²) in [5.41, 5.74) is 5.55. The summed E-state index contributed by atoms with van der Waals surface area (Å²) in [6.45, 7) is 0. The molecule has 0 aliphatic heterocycles. The number of hydrogen-bond acceptors (Lipinski definition) is 3. The Hall–Kier alpha value is -0.620. The molecule has 3 nitrogen and oxygen atoms in total. The van der Waals surface area contributed by atoms with Crippen molar-refractivity contribution in [3.8, 4) is 0 Å². The standard InChI is InChI=1S/C9H10BrF2N3/c10-5-3-14-9(4-1-2-4)15-7(5)6(13)8(11)12/h3-4,6,8H,1-2,13H2. The third-order valence-corrected chi connectivity index (χ3v) is 2.93. The molecule has 0 amide bonds. The lowest BCUT2D eigenvalue weighted by molar-refractivity contribution is 0.114. The molecule has 1 aliphatic rings. The first kappa shape index (κ1) is 10.9. The molecule has 0 saturated heterocycles. The summed E-state index contributed by atoms with van der Waals surface area (Å²) in [4.78, 5) is 8.18. The smallest absolute Gasteiger partial charge is 0.259 e. The molecule has 1 aliphatic carbocycles. The second-order valence-corrected chi connectivity index (χ2v) is 4.45. The molecule has 0 radical (unpaired) electrons. The van der Waals surface area contributed by atoms with Crippen LogP contribution >= 0.6 is 15.9 Å². The second kappa shape index (κ2) is 4.09. The molecule has 6 heteroatoms. The number of hydrogen-bond donors (Lipinski definition) is 1. The molecular weight excluding hydrogens is 268 g/mol. The Morgan fingerprint density at radius 3 is 2.67 bits per heavy atom. The van der Waals surface area contributed by atoms with Crippen LogP contribution < -0.4 is 5.73 Å². The van der Waals surface area contributed by atoms with Crippen LogP contribution in [-0.4, -0.2) is 16.4 Å². The fourth-order valence-corrected chi connectivity index (χ4v) is 1.74. The average Bonchev–Trinajstić information content (AvgIpc) is 3.01. The maximum absolute atomic E-state index is 12.4. The minimum atomic E-state index is -2.61. The molecule has 1 atom stereocenters. The van der Waals surface area contributed by atoms with Gasteiger partial charge in [-0.05, 0) is 28.8 Å². The van der Waals surface area contributed by atoms with Crippen LogP contribution in [0.3, 0.4) is 0 Å². The SMILES string of the molecule is NC(c1nc(C2CC2)ncc1Br)C(F)F. The lowest BCUT2D eigenvalue weighted by Crippen LogP contribution is -2.21. The van der Waals surface area contributed by atoms with Crippen molar-refractivity contribution in [1.29, 1.82) is 0 Å². The van der Waals surface area contributed by atoms with Crippen molar-refractivity contribution in [3.63, 3.8) is 0 Å². The van der Waals surface area contributed by atoms with Crippen LogP contribution in [0.15, 0.2) is 10.7 Å². The van der Waals surface area contributed by atoms with Crippen molar-refractivity contribution < 1.29 is 8.78 Å². The van der Waals surface area contributed by atoms with Crippen molar-refractivity contribution in [1.82, 2.24) is 9.97 Å². The molecule has 2 rings (SSSR count). The van der Waals surface area contributed by atoms with Crippen molar-refractivity contribution >= 4 is 15.9 Å². The van der Waals surface area contributed by atoms with Crippen LogP contribution in [0.2, 0.25) is 0 Å². The van der Waals surface area contributed by atoms with E-state index >= 15 is 0 Å². The highest BCUT2D eigenvalue weighted by atomic mass is 79.9. The van der Waals surface area contributed by atoms with Gasteiger partial charge in [0.25, 0.3) is 6.43 Å². The number of alkyl halides is 2. The van der Waals surface area contributed by atoms with Gasteiger partial charge in [-0.2, -0.15) is 0 Å². The van der Waals surface area contributed by atoms with Gasteiger partial charge in [0.2, 0.25) is 0 Å². The lowest BCUT2D eigenvalue weighted by Gasteiger charge is -2.12. The van der Waals surface area contributed by atoms with E-state index in [1.807, 2.05) is 0 Å². The van der Waals surface area contributed by atoms with Gasteiger partial charge >= 0.3 is 0 Å². The van der Waals surface area contributed by atoms with Crippen LogP contribution in [-0.2, 0) is 0 Å². The number of halogens is 3. The van der Waals surface area contributed by atoms with E-state index in [-0.39, 0.29) is 5.69 Å². The number of rotatable bonds is 3. The first-order valence-corrected chi connectivity index (χ1v) is 5.45.